The van der Waals surface area contributed by atoms with Gasteiger partial charge in [0.15, 0.2) is 0 Å². The van der Waals surface area contributed by atoms with Gasteiger partial charge in [0.25, 0.3) is 5.56 Å². The number of benzene rings is 2. The van der Waals surface area contributed by atoms with E-state index in [1.807, 2.05) is 30.3 Å². The summed E-state index contributed by atoms with van der Waals surface area (Å²) < 4.78 is 0. The van der Waals surface area contributed by atoms with E-state index >= 15 is 0 Å². The van der Waals surface area contributed by atoms with Crippen LogP contribution in [-0.4, -0.2) is 11.0 Å². The summed E-state index contributed by atoms with van der Waals surface area (Å²) in [7, 11) is 0. The minimum Gasteiger partial charge on any atom is -0.329 e. The van der Waals surface area contributed by atoms with Crippen molar-refractivity contribution in [3.63, 3.8) is 0 Å². The Morgan fingerprint density at radius 1 is 1.00 bits per heavy atom. The van der Waals surface area contributed by atoms with Gasteiger partial charge in [-0.15, -0.1) is 0 Å². The van der Waals surface area contributed by atoms with Crippen molar-refractivity contribution in [2.45, 2.75) is 31.2 Å². The van der Waals surface area contributed by atoms with Crippen LogP contribution in [0.5, 0.6) is 0 Å². The Kier molecular flexibility index (Phi) is 4.21. The highest BCUT2D eigenvalue weighted by Crippen LogP contribution is 2.38. The summed E-state index contributed by atoms with van der Waals surface area (Å²) >= 11 is 0. The second kappa shape index (κ2) is 6.67. The molecule has 132 valence electrons. The van der Waals surface area contributed by atoms with E-state index in [0.717, 1.165) is 36.6 Å². The first-order valence-corrected chi connectivity index (χ1v) is 8.92. The number of amides is 2. The second-order valence-electron chi connectivity index (χ2n) is 6.84. The third-order valence-electron chi connectivity index (χ3n) is 5.17. The summed E-state index contributed by atoms with van der Waals surface area (Å²) in [5.74, 6) is 0. The van der Waals surface area contributed by atoms with Crippen molar-refractivity contribution in [3.8, 4) is 0 Å². The lowest BCUT2D eigenvalue weighted by Crippen LogP contribution is -2.45. The number of fused-ring (bicyclic) bond motifs is 1. The molecule has 2 amide bonds. The first-order chi connectivity index (χ1) is 12.7. The Morgan fingerprint density at radius 3 is 2.54 bits per heavy atom. The SMILES string of the molecule is O=C(Nc1ccc2c(=O)[nH]ccc2c1)NC1(c2ccccc2)CCCC1. The molecule has 1 saturated carbocycles. The van der Waals surface area contributed by atoms with Crippen molar-refractivity contribution in [2.24, 2.45) is 0 Å². The van der Waals surface area contributed by atoms with Gasteiger partial charge >= 0.3 is 6.03 Å². The maximum atomic E-state index is 12.7. The third kappa shape index (κ3) is 3.08. The number of carbonyl (C=O) groups is 1. The minimum absolute atomic E-state index is 0.132. The highest BCUT2D eigenvalue weighted by Gasteiger charge is 2.36. The fourth-order valence-electron chi connectivity index (χ4n) is 3.87. The van der Waals surface area contributed by atoms with Crippen LogP contribution in [0.25, 0.3) is 10.8 Å². The topological polar surface area (TPSA) is 74.0 Å². The summed E-state index contributed by atoms with van der Waals surface area (Å²) in [6.45, 7) is 0. The molecule has 4 rings (SSSR count). The first kappa shape index (κ1) is 16.4. The van der Waals surface area contributed by atoms with Gasteiger partial charge in [-0.3, -0.25) is 4.79 Å². The van der Waals surface area contributed by atoms with Gasteiger partial charge in [-0.25, -0.2) is 4.79 Å². The van der Waals surface area contributed by atoms with Crippen molar-refractivity contribution in [1.29, 1.82) is 0 Å². The zero-order valence-corrected chi connectivity index (χ0v) is 14.4. The quantitative estimate of drug-likeness (QED) is 0.667. The normalized spacial score (nSPS) is 15.7. The molecule has 3 aromatic rings. The predicted molar refractivity (Wildman–Crippen MR) is 103 cm³/mol. The summed E-state index contributed by atoms with van der Waals surface area (Å²) in [5.41, 5.74) is 1.38. The molecule has 0 radical (unpaired) electrons. The highest BCUT2D eigenvalue weighted by atomic mass is 16.2. The van der Waals surface area contributed by atoms with Crippen molar-refractivity contribution < 1.29 is 4.79 Å². The Hall–Kier alpha value is -3.08. The van der Waals surface area contributed by atoms with E-state index in [-0.39, 0.29) is 17.1 Å². The van der Waals surface area contributed by atoms with E-state index in [1.54, 1.807) is 18.3 Å². The van der Waals surface area contributed by atoms with E-state index in [0.29, 0.717) is 11.1 Å². The second-order valence-corrected chi connectivity index (χ2v) is 6.84. The lowest BCUT2D eigenvalue weighted by atomic mass is 9.88. The molecule has 0 atom stereocenters. The Morgan fingerprint density at radius 2 is 1.77 bits per heavy atom. The standard InChI is InChI=1S/C21H21N3O2/c25-19-18-9-8-17(14-15(18)10-13-22-19)23-20(26)24-21(11-4-5-12-21)16-6-2-1-3-7-16/h1-3,6-10,13-14H,4-5,11-12H2,(H,22,25)(H2,23,24,26). The maximum Gasteiger partial charge on any atom is 0.319 e. The monoisotopic (exact) mass is 347 g/mol. The molecule has 0 saturated heterocycles. The van der Waals surface area contributed by atoms with Crippen LogP contribution in [-0.2, 0) is 5.54 Å². The van der Waals surface area contributed by atoms with Crippen LogP contribution < -0.4 is 16.2 Å². The van der Waals surface area contributed by atoms with Crippen LogP contribution in [0.2, 0.25) is 0 Å². The summed E-state index contributed by atoms with van der Waals surface area (Å²) in [5, 5.41) is 7.51. The fraction of sp³-hybridized carbons (Fsp3) is 0.238. The van der Waals surface area contributed by atoms with E-state index in [2.05, 4.69) is 27.8 Å². The average molecular weight is 347 g/mol. The Bertz CT molecular complexity index is 989. The smallest absolute Gasteiger partial charge is 0.319 e. The van der Waals surface area contributed by atoms with Crippen LogP contribution in [0, 0.1) is 0 Å². The van der Waals surface area contributed by atoms with Crippen LogP contribution in [0.3, 0.4) is 0 Å². The number of nitrogens with one attached hydrogen (secondary N) is 3. The van der Waals surface area contributed by atoms with Gasteiger partial charge < -0.3 is 15.6 Å². The summed E-state index contributed by atoms with van der Waals surface area (Å²) in [6.07, 6.45) is 5.70. The molecule has 1 aromatic heterocycles. The molecule has 0 spiro atoms. The number of carbonyl (C=O) groups excluding carboxylic acids is 1. The van der Waals surface area contributed by atoms with E-state index in [1.165, 1.54) is 0 Å². The van der Waals surface area contributed by atoms with E-state index in [9.17, 15) is 9.59 Å². The molecule has 0 bridgehead atoms. The average Bonchev–Trinajstić information content (AvgIpc) is 3.12. The molecule has 5 nitrogen and oxygen atoms in total. The fourth-order valence-corrected chi connectivity index (χ4v) is 3.87. The third-order valence-corrected chi connectivity index (χ3v) is 5.17. The number of pyridine rings is 1. The molecule has 1 heterocycles. The molecular formula is C21H21N3O2. The van der Waals surface area contributed by atoms with Crippen molar-refractivity contribution in [1.82, 2.24) is 10.3 Å². The van der Waals surface area contributed by atoms with Gasteiger partial charge in [0.2, 0.25) is 0 Å². The van der Waals surface area contributed by atoms with Gasteiger partial charge in [0.05, 0.1) is 5.54 Å². The Labute approximate surface area is 151 Å². The predicted octanol–water partition coefficient (Wildman–Crippen LogP) is 4.12. The minimum atomic E-state index is -0.306. The summed E-state index contributed by atoms with van der Waals surface area (Å²) in [6, 6.07) is 17.1. The lowest BCUT2D eigenvalue weighted by Gasteiger charge is -2.31. The molecule has 26 heavy (non-hydrogen) atoms. The molecule has 2 aromatic carbocycles. The molecule has 0 unspecified atom stereocenters. The molecule has 1 fully saturated rings. The highest BCUT2D eigenvalue weighted by molar-refractivity contribution is 5.93. The van der Waals surface area contributed by atoms with Crippen LogP contribution in [0.15, 0.2) is 65.6 Å². The first-order valence-electron chi connectivity index (χ1n) is 8.92. The molecular weight excluding hydrogens is 326 g/mol. The summed E-state index contributed by atoms with van der Waals surface area (Å²) in [4.78, 5) is 27.1. The molecule has 1 aliphatic rings. The van der Waals surface area contributed by atoms with Crippen LogP contribution in [0.4, 0.5) is 10.5 Å². The van der Waals surface area contributed by atoms with Gasteiger partial charge in [-0.2, -0.15) is 0 Å². The zero-order chi connectivity index (χ0) is 18.0. The Balaban J connectivity index is 1.55. The largest absolute Gasteiger partial charge is 0.329 e. The van der Waals surface area contributed by atoms with Gasteiger partial charge in [-0.1, -0.05) is 43.2 Å². The van der Waals surface area contributed by atoms with Crippen molar-refractivity contribution in [3.05, 3.63) is 76.7 Å². The molecule has 5 heteroatoms. The number of anilines is 1. The van der Waals surface area contributed by atoms with Gasteiger partial charge in [0.1, 0.15) is 0 Å². The van der Waals surface area contributed by atoms with Gasteiger partial charge in [0, 0.05) is 17.3 Å². The molecule has 3 N–H and O–H groups in total. The number of aromatic amines is 1. The number of H-pyrrole nitrogens is 1. The number of hydrogen-bond donors (Lipinski definition) is 3. The number of urea groups is 1. The number of hydrogen-bond acceptors (Lipinski definition) is 2. The zero-order valence-electron chi connectivity index (χ0n) is 14.4. The van der Waals surface area contributed by atoms with Crippen LogP contribution >= 0.6 is 0 Å². The molecule has 0 aliphatic heterocycles. The lowest BCUT2D eigenvalue weighted by molar-refractivity contribution is 0.236. The van der Waals surface area contributed by atoms with E-state index < -0.39 is 0 Å². The van der Waals surface area contributed by atoms with Gasteiger partial charge in [-0.05, 0) is 48.1 Å². The van der Waals surface area contributed by atoms with Crippen molar-refractivity contribution >= 4 is 22.5 Å². The van der Waals surface area contributed by atoms with E-state index in [4.69, 9.17) is 0 Å². The van der Waals surface area contributed by atoms with Crippen LogP contribution in [0.1, 0.15) is 31.2 Å². The number of rotatable bonds is 3. The van der Waals surface area contributed by atoms with Crippen molar-refractivity contribution in [2.75, 3.05) is 5.32 Å². The number of aromatic nitrogens is 1. The maximum absolute atomic E-state index is 12.7. The molecule has 1 aliphatic carbocycles.